The van der Waals surface area contributed by atoms with Gasteiger partial charge in [-0.3, -0.25) is 0 Å². The molecule has 2 atom stereocenters. The van der Waals surface area contributed by atoms with E-state index in [1.165, 1.54) is 31.3 Å². The Balaban J connectivity index is 2.37. The highest BCUT2D eigenvalue weighted by Gasteiger charge is 2.14. The van der Waals surface area contributed by atoms with Gasteiger partial charge in [-0.1, -0.05) is 11.6 Å². The number of hydrogen-bond donors (Lipinski definition) is 1. The fourth-order valence-electron chi connectivity index (χ4n) is 1.80. The average molecular weight is 183 g/mol. The Kier molecular flexibility index (Phi) is 4.46. The summed E-state index contributed by atoms with van der Waals surface area (Å²) in [5, 5.41) is 0. The zero-order valence-electron chi connectivity index (χ0n) is 8.75. The first-order valence-corrected chi connectivity index (χ1v) is 5.21. The molecule has 0 aromatic heterocycles. The summed E-state index contributed by atoms with van der Waals surface area (Å²) in [6.07, 6.45) is 8.58. The maximum absolute atomic E-state index is 6.08. The Morgan fingerprint density at radius 3 is 2.85 bits per heavy atom. The number of ether oxygens (including phenoxy) is 1. The number of allylic oxidation sites excluding steroid dienone is 1. The maximum Gasteiger partial charge on any atom is 0.0561 e. The topological polar surface area (TPSA) is 35.2 Å². The minimum absolute atomic E-state index is 0.218. The van der Waals surface area contributed by atoms with Gasteiger partial charge >= 0.3 is 0 Å². The third kappa shape index (κ3) is 3.49. The number of rotatable bonds is 4. The Labute approximate surface area is 81.1 Å². The molecule has 0 aliphatic heterocycles. The standard InChI is InChI=1S/C11H21NO/c1-9(13-2)8-11(12)10-6-4-3-5-7-10/h6,9,11H,3-5,7-8,12H2,1-2H3. The van der Waals surface area contributed by atoms with Gasteiger partial charge in [-0.05, 0) is 39.0 Å². The van der Waals surface area contributed by atoms with Crippen molar-refractivity contribution in [2.45, 2.75) is 51.2 Å². The van der Waals surface area contributed by atoms with Crippen molar-refractivity contribution >= 4 is 0 Å². The van der Waals surface area contributed by atoms with Crippen LogP contribution in [0.25, 0.3) is 0 Å². The summed E-state index contributed by atoms with van der Waals surface area (Å²) in [4.78, 5) is 0. The van der Waals surface area contributed by atoms with E-state index < -0.39 is 0 Å². The van der Waals surface area contributed by atoms with Crippen LogP contribution in [0.15, 0.2) is 11.6 Å². The zero-order chi connectivity index (χ0) is 9.68. The summed E-state index contributed by atoms with van der Waals surface area (Å²) in [7, 11) is 1.74. The molecule has 0 saturated carbocycles. The molecule has 0 bridgehead atoms. The summed E-state index contributed by atoms with van der Waals surface area (Å²) in [5.74, 6) is 0. The quantitative estimate of drug-likeness (QED) is 0.678. The van der Waals surface area contributed by atoms with Gasteiger partial charge in [-0.25, -0.2) is 0 Å². The van der Waals surface area contributed by atoms with E-state index in [9.17, 15) is 0 Å². The Morgan fingerprint density at radius 2 is 2.31 bits per heavy atom. The van der Waals surface area contributed by atoms with Crippen LogP contribution in [0.3, 0.4) is 0 Å². The highest BCUT2D eigenvalue weighted by atomic mass is 16.5. The molecule has 2 heteroatoms. The molecule has 1 aliphatic rings. The second kappa shape index (κ2) is 5.40. The van der Waals surface area contributed by atoms with Gasteiger partial charge in [0.2, 0.25) is 0 Å². The van der Waals surface area contributed by atoms with Crippen molar-refractivity contribution in [1.82, 2.24) is 0 Å². The first-order chi connectivity index (χ1) is 6.24. The van der Waals surface area contributed by atoms with Crippen molar-refractivity contribution in [3.8, 4) is 0 Å². The van der Waals surface area contributed by atoms with E-state index in [4.69, 9.17) is 10.5 Å². The fraction of sp³-hybridized carbons (Fsp3) is 0.818. The Bertz CT molecular complexity index is 177. The summed E-state index contributed by atoms with van der Waals surface area (Å²) in [6.45, 7) is 2.07. The summed E-state index contributed by atoms with van der Waals surface area (Å²) >= 11 is 0. The molecule has 2 N–H and O–H groups in total. The molecule has 2 unspecified atom stereocenters. The molecular formula is C11H21NO. The summed E-state index contributed by atoms with van der Waals surface area (Å²) in [5.41, 5.74) is 7.52. The van der Waals surface area contributed by atoms with Gasteiger partial charge in [0.1, 0.15) is 0 Å². The van der Waals surface area contributed by atoms with Crippen molar-refractivity contribution in [2.75, 3.05) is 7.11 Å². The monoisotopic (exact) mass is 183 g/mol. The average Bonchev–Trinajstić information content (AvgIpc) is 2.19. The van der Waals surface area contributed by atoms with E-state index in [1.807, 2.05) is 0 Å². The van der Waals surface area contributed by atoms with Crippen LogP contribution in [0.2, 0.25) is 0 Å². The van der Waals surface area contributed by atoms with Gasteiger partial charge in [0, 0.05) is 13.2 Å². The van der Waals surface area contributed by atoms with Crippen molar-refractivity contribution in [2.24, 2.45) is 5.73 Å². The van der Waals surface area contributed by atoms with Crippen LogP contribution in [-0.4, -0.2) is 19.3 Å². The van der Waals surface area contributed by atoms with E-state index in [-0.39, 0.29) is 12.1 Å². The molecule has 0 radical (unpaired) electrons. The zero-order valence-corrected chi connectivity index (χ0v) is 8.75. The molecule has 0 fully saturated rings. The van der Waals surface area contributed by atoms with E-state index in [0.717, 1.165) is 6.42 Å². The lowest BCUT2D eigenvalue weighted by molar-refractivity contribution is 0.107. The lowest BCUT2D eigenvalue weighted by atomic mass is 9.92. The second-order valence-corrected chi connectivity index (χ2v) is 3.91. The molecule has 1 aliphatic carbocycles. The van der Waals surface area contributed by atoms with Crippen LogP contribution >= 0.6 is 0 Å². The lowest BCUT2D eigenvalue weighted by Crippen LogP contribution is -2.28. The van der Waals surface area contributed by atoms with Gasteiger partial charge < -0.3 is 10.5 Å². The van der Waals surface area contributed by atoms with E-state index >= 15 is 0 Å². The normalized spacial score (nSPS) is 22.2. The molecule has 0 amide bonds. The lowest BCUT2D eigenvalue weighted by Gasteiger charge is -2.21. The summed E-state index contributed by atoms with van der Waals surface area (Å²) < 4.78 is 5.20. The fourth-order valence-corrected chi connectivity index (χ4v) is 1.80. The van der Waals surface area contributed by atoms with E-state index in [2.05, 4.69) is 13.0 Å². The van der Waals surface area contributed by atoms with Crippen LogP contribution in [0.4, 0.5) is 0 Å². The van der Waals surface area contributed by atoms with Crippen molar-refractivity contribution in [3.63, 3.8) is 0 Å². The van der Waals surface area contributed by atoms with Crippen LogP contribution in [-0.2, 0) is 4.74 Å². The van der Waals surface area contributed by atoms with Crippen LogP contribution < -0.4 is 5.73 Å². The third-order valence-corrected chi connectivity index (χ3v) is 2.79. The first-order valence-electron chi connectivity index (χ1n) is 5.21. The molecule has 0 heterocycles. The van der Waals surface area contributed by atoms with Gasteiger partial charge in [0.05, 0.1) is 6.10 Å². The largest absolute Gasteiger partial charge is 0.382 e. The minimum atomic E-state index is 0.218. The number of methoxy groups -OCH3 is 1. The van der Waals surface area contributed by atoms with E-state index in [0.29, 0.717) is 0 Å². The number of nitrogens with two attached hydrogens (primary N) is 1. The Morgan fingerprint density at radius 1 is 1.54 bits per heavy atom. The van der Waals surface area contributed by atoms with Gasteiger partial charge in [0.25, 0.3) is 0 Å². The molecule has 76 valence electrons. The molecular weight excluding hydrogens is 162 g/mol. The molecule has 0 saturated heterocycles. The maximum atomic E-state index is 6.08. The van der Waals surface area contributed by atoms with Gasteiger partial charge in [-0.2, -0.15) is 0 Å². The molecule has 13 heavy (non-hydrogen) atoms. The molecule has 0 spiro atoms. The van der Waals surface area contributed by atoms with E-state index in [1.54, 1.807) is 7.11 Å². The first kappa shape index (κ1) is 10.7. The smallest absolute Gasteiger partial charge is 0.0561 e. The van der Waals surface area contributed by atoms with Crippen molar-refractivity contribution in [3.05, 3.63) is 11.6 Å². The summed E-state index contributed by atoms with van der Waals surface area (Å²) in [6, 6.07) is 0.218. The predicted octanol–water partition coefficient (Wildman–Crippen LogP) is 2.24. The van der Waals surface area contributed by atoms with Gasteiger partial charge in [0.15, 0.2) is 0 Å². The second-order valence-electron chi connectivity index (χ2n) is 3.91. The molecule has 1 rings (SSSR count). The van der Waals surface area contributed by atoms with Crippen LogP contribution in [0.1, 0.15) is 39.0 Å². The van der Waals surface area contributed by atoms with Gasteiger partial charge in [-0.15, -0.1) is 0 Å². The predicted molar refractivity (Wildman–Crippen MR) is 55.6 cm³/mol. The van der Waals surface area contributed by atoms with Crippen LogP contribution in [0, 0.1) is 0 Å². The third-order valence-electron chi connectivity index (χ3n) is 2.79. The minimum Gasteiger partial charge on any atom is -0.382 e. The van der Waals surface area contributed by atoms with Crippen molar-refractivity contribution < 1.29 is 4.74 Å². The SMILES string of the molecule is COC(C)CC(N)C1=CCCCC1. The Hall–Kier alpha value is -0.340. The highest BCUT2D eigenvalue weighted by Crippen LogP contribution is 2.21. The van der Waals surface area contributed by atoms with Crippen LogP contribution in [0.5, 0.6) is 0 Å². The number of hydrogen-bond acceptors (Lipinski definition) is 2. The van der Waals surface area contributed by atoms with Crippen molar-refractivity contribution in [1.29, 1.82) is 0 Å². The molecule has 0 aromatic rings. The molecule has 2 nitrogen and oxygen atoms in total. The highest BCUT2D eigenvalue weighted by molar-refractivity contribution is 5.12. The molecule has 0 aromatic carbocycles.